The van der Waals surface area contributed by atoms with Crippen molar-refractivity contribution in [2.45, 2.75) is 45.4 Å². The average molecular weight is 489 g/mol. The Balaban J connectivity index is 0.00000408. The number of carbonyl (C=O) groups excluding carboxylic acids is 3. The molecule has 1 heterocycles. The van der Waals surface area contributed by atoms with E-state index in [4.69, 9.17) is 4.74 Å². The van der Waals surface area contributed by atoms with Gasteiger partial charge in [-0.05, 0) is 43.1 Å². The number of ether oxygens (including phenoxy) is 1. The van der Waals surface area contributed by atoms with Gasteiger partial charge in [-0.2, -0.15) is 0 Å². The van der Waals surface area contributed by atoms with Gasteiger partial charge < -0.3 is 25.6 Å². The standard InChI is InChI=1S/C25H32N4O4.ClH/c1-15(2)21(28-23(30)16(3)26-4)25(32)29-14-17-10-6-7-11-18(17)22(29)24(31)27-19-12-8-9-13-20(19)33-5;/h6-13,15-16,21-22,26H,14H2,1-5H3,(H,27,31)(H,28,30);1H. The first kappa shape index (κ1) is 27.1. The van der Waals surface area contributed by atoms with Gasteiger partial charge in [-0.15, -0.1) is 12.4 Å². The Bertz CT molecular complexity index is 1030. The van der Waals surface area contributed by atoms with Gasteiger partial charge in [-0.1, -0.05) is 50.2 Å². The molecule has 8 nitrogen and oxygen atoms in total. The molecule has 9 heteroatoms. The van der Waals surface area contributed by atoms with E-state index in [1.807, 2.05) is 44.2 Å². The van der Waals surface area contributed by atoms with Crippen molar-refractivity contribution in [3.05, 3.63) is 59.7 Å². The number of benzene rings is 2. The molecule has 2 aromatic carbocycles. The smallest absolute Gasteiger partial charge is 0.251 e. The van der Waals surface area contributed by atoms with Crippen LogP contribution in [0.3, 0.4) is 0 Å². The van der Waals surface area contributed by atoms with E-state index in [0.717, 1.165) is 11.1 Å². The predicted molar refractivity (Wildman–Crippen MR) is 134 cm³/mol. The predicted octanol–water partition coefficient (Wildman–Crippen LogP) is 2.89. The zero-order valence-electron chi connectivity index (χ0n) is 20.1. The highest BCUT2D eigenvalue weighted by Crippen LogP contribution is 2.36. The van der Waals surface area contributed by atoms with Crippen molar-refractivity contribution in [1.29, 1.82) is 0 Å². The average Bonchev–Trinajstić information content (AvgIpc) is 3.21. The molecule has 0 saturated heterocycles. The third kappa shape index (κ3) is 5.69. The Hall–Kier alpha value is -3.10. The number of hydrogen-bond acceptors (Lipinski definition) is 5. The van der Waals surface area contributed by atoms with Gasteiger partial charge in [0.2, 0.25) is 11.8 Å². The minimum atomic E-state index is -0.821. The Morgan fingerprint density at radius 3 is 2.32 bits per heavy atom. The number of methoxy groups -OCH3 is 1. The Kier molecular flexibility index (Phi) is 9.46. The van der Waals surface area contributed by atoms with Crippen LogP contribution in [0.1, 0.15) is 37.9 Å². The number of anilines is 1. The summed E-state index contributed by atoms with van der Waals surface area (Å²) in [5.41, 5.74) is 2.21. The van der Waals surface area contributed by atoms with Crippen LogP contribution < -0.4 is 20.7 Å². The van der Waals surface area contributed by atoms with Crippen molar-refractivity contribution in [3.8, 4) is 5.75 Å². The minimum Gasteiger partial charge on any atom is -0.495 e. The highest BCUT2D eigenvalue weighted by Gasteiger charge is 2.42. The second-order valence-electron chi connectivity index (χ2n) is 8.50. The molecule has 3 unspecified atom stereocenters. The van der Waals surface area contributed by atoms with E-state index in [1.54, 1.807) is 37.1 Å². The minimum absolute atomic E-state index is 0. The number of carbonyl (C=O) groups is 3. The van der Waals surface area contributed by atoms with E-state index in [0.29, 0.717) is 18.0 Å². The fourth-order valence-electron chi connectivity index (χ4n) is 3.93. The summed E-state index contributed by atoms with van der Waals surface area (Å²) in [4.78, 5) is 41.2. The Morgan fingerprint density at radius 1 is 1.03 bits per heavy atom. The summed E-state index contributed by atoms with van der Waals surface area (Å²) in [6, 6.07) is 12.6. The van der Waals surface area contributed by atoms with Crippen LogP contribution in [0.4, 0.5) is 5.69 Å². The fourth-order valence-corrected chi connectivity index (χ4v) is 3.93. The van der Waals surface area contributed by atoms with Gasteiger partial charge in [0.05, 0.1) is 18.8 Å². The largest absolute Gasteiger partial charge is 0.495 e. The monoisotopic (exact) mass is 488 g/mol. The van der Waals surface area contributed by atoms with E-state index < -0.39 is 18.1 Å². The molecule has 0 bridgehead atoms. The van der Waals surface area contributed by atoms with Gasteiger partial charge in [0.15, 0.2) is 0 Å². The lowest BCUT2D eigenvalue weighted by Gasteiger charge is -2.31. The molecule has 1 aliphatic rings. The summed E-state index contributed by atoms with van der Waals surface area (Å²) in [5, 5.41) is 8.65. The van der Waals surface area contributed by atoms with Crippen LogP contribution >= 0.6 is 12.4 Å². The fraction of sp³-hybridized carbons (Fsp3) is 0.400. The molecule has 1 aliphatic heterocycles. The second-order valence-corrected chi connectivity index (χ2v) is 8.50. The summed E-state index contributed by atoms with van der Waals surface area (Å²) >= 11 is 0. The Labute approximate surface area is 206 Å². The summed E-state index contributed by atoms with van der Waals surface area (Å²) in [6.07, 6.45) is 0. The maximum Gasteiger partial charge on any atom is 0.251 e. The number of para-hydroxylation sites is 2. The molecule has 0 spiro atoms. The number of rotatable bonds is 8. The number of nitrogens with one attached hydrogen (secondary N) is 3. The van der Waals surface area contributed by atoms with Crippen LogP contribution in [0, 0.1) is 5.92 Å². The van der Waals surface area contributed by atoms with Crippen LogP contribution in [0.5, 0.6) is 5.75 Å². The van der Waals surface area contributed by atoms with Gasteiger partial charge in [-0.25, -0.2) is 0 Å². The lowest BCUT2D eigenvalue weighted by atomic mass is 10.0. The Morgan fingerprint density at radius 2 is 1.68 bits per heavy atom. The molecule has 2 aromatic rings. The summed E-state index contributed by atoms with van der Waals surface area (Å²) in [5.74, 6) is -0.528. The molecule has 0 saturated carbocycles. The maximum atomic E-state index is 13.7. The lowest BCUT2D eigenvalue weighted by molar-refractivity contribution is -0.143. The van der Waals surface area contributed by atoms with Crippen molar-refractivity contribution < 1.29 is 19.1 Å². The van der Waals surface area contributed by atoms with Crippen LogP contribution in [0.25, 0.3) is 0 Å². The van der Waals surface area contributed by atoms with Crippen molar-refractivity contribution in [2.75, 3.05) is 19.5 Å². The first-order chi connectivity index (χ1) is 15.8. The topological polar surface area (TPSA) is 99.8 Å². The van der Waals surface area contributed by atoms with Crippen LogP contribution in [-0.2, 0) is 20.9 Å². The van der Waals surface area contributed by atoms with Gasteiger partial charge in [0.1, 0.15) is 17.8 Å². The lowest BCUT2D eigenvalue weighted by Crippen LogP contribution is -2.55. The molecule has 3 rings (SSSR count). The molecule has 0 aromatic heterocycles. The molecule has 3 atom stereocenters. The molecule has 0 fully saturated rings. The van der Waals surface area contributed by atoms with Gasteiger partial charge in [0.25, 0.3) is 5.91 Å². The van der Waals surface area contributed by atoms with E-state index in [2.05, 4.69) is 16.0 Å². The molecule has 3 amide bonds. The molecule has 3 N–H and O–H groups in total. The zero-order valence-corrected chi connectivity index (χ0v) is 20.9. The molecule has 34 heavy (non-hydrogen) atoms. The second kappa shape index (κ2) is 11.9. The number of nitrogens with zero attached hydrogens (tertiary/aromatic N) is 1. The third-order valence-electron chi connectivity index (χ3n) is 5.96. The summed E-state index contributed by atoms with van der Waals surface area (Å²) in [6.45, 7) is 5.77. The van der Waals surface area contributed by atoms with Gasteiger partial charge >= 0.3 is 0 Å². The number of likely N-dealkylation sites (N-methyl/N-ethyl adjacent to an activating group) is 1. The number of hydrogen-bond donors (Lipinski definition) is 3. The van der Waals surface area contributed by atoms with Crippen molar-refractivity contribution in [2.24, 2.45) is 5.92 Å². The van der Waals surface area contributed by atoms with Gasteiger partial charge in [-0.3, -0.25) is 14.4 Å². The number of fused-ring (bicyclic) bond motifs is 1. The zero-order chi connectivity index (χ0) is 24.1. The summed E-state index contributed by atoms with van der Waals surface area (Å²) in [7, 11) is 3.22. The van der Waals surface area contributed by atoms with Crippen molar-refractivity contribution in [3.63, 3.8) is 0 Å². The maximum absolute atomic E-state index is 13.7. The van der Waals surface area contributed by atoms with Crippen molar-refractivity contribution >= 4 is 35.8 Å². The van der Waals surface area contributed by atoms with Crippen molar-refractivity contribution in [1.82, 2.24) is 15.5 Å². The highest BCUT2D eigenvalue weighted by molar-refractivity contribution is 6.01. The molecule has 0 aliphatic carbocycles. The SMILES string of the molecule is CNC(C)C(=O)NC(C(=O)N1Cc2ccccc2C1C(=O)Nc1ccccc1OC)C(C)C.Cl. The van der Waals surface area contributed by atoms with Gasteiger partial charge in [0, 0.05) is 6.54 Å². The molecule has 0 radical (unpaired) electrons. The highest BCUT2D eigenvalue weighted by atomic mass is 35.5. The molecular weight excluding hydrogens is 456 g/mol. The third-order valence-corrected chi connectivity index (χ3v) is 5.96. The number of halogens is 1. The normalized spacial score (nSPS) is 16.2. The van der Waals surface area contributed by atoms with E-state index in [1.165, 1.54) is 7.11 Å². The molecule has 184 valence electrons. The van der Waals surface area contributed by atoms with E-state index in [9.17, 15) is 14.4 Å². The quantitative estimate of drug-likeness (QED) is 0.530. The first-order valence-electron chi connectivity index (χ1n) is 11.1. The first-order valence-corrected chi connectivity index (χ1v) is 11.1. The molecular formula is C25H33ClN4O4. The van der Waals surface area contributed by atoms with E-state index in [-0.39, 0.29) is 36.0 Å². The van der Waals surface area contributed by atoms with Crippen LogP contribution in [0.15, 0.2) is 48.5 Å². The van der Waals surface area contributed by atoms with Crippen LogP contribution in [0.2, 0.25) is 0 Å². The number of amides is 3. The summed E-state index contributed by atoms with van der Waals surface area (Å²) < 4.78 is 5.35. The van der Waals surface area contributed by atoms with E-state index >= 15 is 0 Å². The van der Waals surface area contributed by atoms with Crippen LogP contribution in [-0.4, -0.2) is 48.9 Å².